The zero-order valence-electron chi connectivity index (χ0n) is 9.77. The van der Waals surface area contributed by atoms with Gasteiger partial charge >= 0.3 is 24.6 Å². The average molecular weight is 360 g/mol. The molecule has 0 aliphatic carbocycles. The lowest BCUT2D eigenvalue weighted by atomic mass is 10.3. The van der Waals surface area contributed by atoms with Crippen LogP contribution >= 0.6 is 0 Å². The second-order valence-corrected chi connectivity index (χ2v) is 2.95. The number of alkyl halides is 10. The molecule has 22 heavy (non-hydrogen) atoms. The highest BCUT2D eigenvalue weighted by Gasteiger charge is 2.75. The molecule has 132 valence electrons. The SMILES string of the molecule is C=C(F)OC(F)(F)C(F)(F)C(F)(F)F.C=C(F)OC(F)(F)F. The molecular weight excluding hydrogens is 356 g/mol. The lowest BCUT2D eigenvalue weighted by Crippen LogP contribution is -2.53. The van der Waals surface area contributed by atoms with Crippen LogP contribution in [0, 0.1) is 0 Å². The molecule has 0 rings (SSSR count). The lowest BCUT2D eigenvalue weighted by molar-refractivity contribution is -0.418. The molecule has 0 aromatic rings. The Bertz CT molecular complexity index is 393. The normalized spacial score (nSPS) is 12.9. The number of halogens is 12. The third-order valence-electron chi connectivity index (χ3n) is 1.19. The molecule has 0 aromatic carbocycles. The maximum Gasteiger partial charge on any atom is 0.574 e. The third kappa shape index (κ3) is 7.87. The van der Waals surface area contributed by atoms with Gasteiger partial charge in [0.1, 0.15) is 0 Å². The number of ether oxygens (including phenoxy) is 2. The molecule has 0 spiro atoms. The van der Waals surface area contributed by atoms with Crippen molar-refractivity contribution in [3.63, 3.8) is 0 Å². The quantitative estimate of drug-likeness (QED) is 0.507. The second kappa shape index (κ2) is 7.00. The minimum atomic E-state index is -6.55. The summed E-state index contributed by atoms with van der Waals surface area (Å²) in [5.74, 6) is -6.49. The second-order valence-electron chi connectivity index (χ2n) is 2.95. The van der Waals surface area contributed by atoms with Crippen LogP contribution in [0.25, 0.3) is 0 Å². The molecule has 0 saturated carbocycles. The Labute approximate surface area is 113 Å². The van der Waals surface area contributed by atoms with Gasteiger partial charge in [-0.2, -0.15) is 39.5 Å². The predicted molar refractivity (Wildman–Crippen MR) is 44.7 cm³/mol. The molecule has 0 aliphatic rings. The molecular formula is C8H4F12O2. The lowest BCUT2D eigenvalue weighted by Gasteiger charge is -2.26. The van der Waals surface area contributed by atoms with Gasteiger partial charge < -0.3 is 9.47 Å². The summed E-state index contributed by atoms with van der Waals surface area (Å²) in [4.78, 5) is 0. The summed E-state index contributed by atoms with van der Waals surface area (Å²) in [6.45, 7) is 4.20. The van der Waals surface area contributed by atoms with Gasteiger partial charge in [0.05, 0.1) is 0 Å². The van der Waals surface area contributed by atoms with E-state index in [1.807, 2.05) is 6.58 Å². The van der Waals surface area contributed by atoms with E-state index in [0.29, 0.717) is 0 Å². The fourth-order valence-corrected chi connectivity index (χ4v) is 0.494. The Morgan fingerprint density at radius 1 is 0.636 bits per heavy atom. The number of hydrogen-bond donors (Lipinski definition) is 0. The van der Waals surface area contributed by atoms with E-state index < -0.39 is 36.6 Å². The van der Waals surface area contributed by atoms with Crippen LogP contribution in [0.15, 0.2) is 25.2 Å². The molecule has 0 radical (unpaired) electrons. The van der Waals surface area contributed by atoms with Gasteiger partial charge in [-0.3, -0.25) is 0 Å². The molecule has 0 aromatic heterocycles. The topological polar surface area (TPSA) is 18.5 Å². The van der Waals surface area contributed by atoms with Crippen molar-refractivity contribution in [1.82, 2.24) is 0 Å². The molecule has 0 fully saturated rings. The first-order valence-electron chi connectivity index (χ1n) is 4.29. The first kappa shape index (κ1) is 22.5. The van der Waals surface area contributed by atoms with Gasteiger partial charge in [-0.1, -0.05) is 0 Å². The van der Waals surface area contributed by atoms with Gasteiger partial charge in [0.25, 0.3) is 12.0 Å². The van der Waals surface area contributed by atoms with Crippen LogP contribution in [-0.4, -0.2) is 24.6 Å². The first-order chi connectivity index (χ1) is 9.33. The summed E-state index contributed by atoms with van der Waals surface area (Å²) >= 11 is 0. The number of rotatable bonds is 4. The van der Waals surface area contributed by atoms with Crippen LogP contribution in [0.5, 0.6) is 0 Å². The summed E-state index contributed by atoms with van der Waals surface area (Å²) in [6.07, 6.45) is -17.5. The third-order valence-corrected chi connectivity index (χ3v) is 1.19. The van der Waals surface area contributed by atoms with Crippen LogP contribution in [0.3, 0.4) is 0 Å². The Balaban J connectivity index is 0. The van der Waals surface area contributed by atoms with E-state index in [2.05, 4.69) is 16.1 Å². The summed E-state index contributed by atoms with van der Waals surface area (Å²) in [7, 11) is 0. The van der Waals surface area contributed by atoms with Crippen LogP contribution < -0.4 is 0 Å². The van der Waals surface area contributed by atoms with Crippen LogP contribution in [0.4, 0.5) is 52.7 Å². The number of hydrogen-bond acceptors (Lipinski definition) is 2. The van der Waals surface area contributed by atoms with E-state index in [1.54, 1.807) is 0 Å². The minimum absolute atomic E-state index is 1.85. The van der Waals surface area contributed by atoms with Crippen LogP contribution in [-0.2, 0) is 9.47 Å². The van der Waals surface area contributed by atoms with Crippen molar-refractivity contribution in [2.75, 3.05) is 0 Å². The molecule has 14 heteroatoms. The van der Waals surface area contributed by atoms with E-state index in [0.717, 1.165) is 0 Å². The van der Waals surface area contributed by atoms with Crippen molar-refractivity contribution < 1.29 is 62.2 Å². The highest BCUT2D eigenvalue weighted by molar-refractivity contribution is 4.87. The van der Waals surface area contributed by atoms with Gasteiger partial charge in [0.2, 0.25) is 0 Å². The monoisotopic (exact) mass is 360 g/mol. The smallest absolute Gasteiger partial charge is 0.402 e. The average Bonchev–Trinajstić information content (AvgIpc) is 2.09. The maximum absolute atomic E-state index is 12.0. The highest BCUT2D eigenvalue weighted by atomic mass is 19.4. The Hall–Kier alpha value is -1.76. The standard InChI is InChI=1S/C5H2F8O.C3H2F4O/c1-2(6)14-5(12,13)3(7,8)4(9,10)11;1-2(4)8-3(5,6)7/h1H2;1H2. The highest BCUT2D eigenvalue weighted by Crippen LogP contribution is 2.47. The molecule has 0 aliphatic heterocycles. The van der Waals surface area contributed by atoms with E-state index in [1.165, 1.54) is 0 Å². The zero-order valence-corrected chi connectivity index (χ0v) is 9.77. The molecule has 0 heterocycles. The minimum Gasteiger partial charge on any atom is -0.402 e. The molecule has 0 unspecified atom stereocenters. The first-order valence-corrected chi connectivity index (χ1v) is 4.29. The van der Waals surface area contributed by atoms with Gasteiger partial charge in [-0.15, -0.1) is 13.2 Å². The fourth-order valence-electron chi connectivity index (χ4n) is 0.494. The van der Waals surface area contributed by atoms with E-state index >= 15 is 0 Å². The Morgan fingerprint density at radius 2 is 0.955 bits per heavy atom. The Kier molecular flexibility index (Phi) is 7.17. The largest absolute Gasteiger partial charge is 0.574 e. The van der Waals surface area contributed by atoms with E-state index in [4.69, 9.17) is 0 Å². The van der Waals surface area contributed by atoms with Crippen molar-refractivity contribution in [3.8, 4) is 0 Å². The van der Waals surface area contributed by atoms with E-state index in [9.17, 15) is 52.7 Å². The van der Waals surface area contributed by atoms with Gasteiger partial charge in [-0.25, -0.2) is 0 Å². The summed E-state index contributed by atoms with van der Waals surface area (Å²) in [5, 5.41) is 0. The van der Waals surface area contributed by atoms with Gasteiger partial charge in [0, 0.05) is 0 Å². The molecule has 0 amide bonds. The van der Waals surface area contributed by atoms with Crippen LogP contribution in [0.2, 0.25) is 0 Å². The van der Waals surface area contributed by atoms with Crippen molar-refractivity contribution in [1.29, 1.82) is 0 Å². The van der Waals surface area contributed by atoms with Crippen molar-refractivity contribution in [3.05, 3.63) is 25.2 Å². The summed E-state index contributed by atoms with van der Waals surface area (Å²) < 4.78 is 141. The Morgan fingerprint density at radius 3 is 1.09 bits per heavy atom. The van der Waals surface area contributed by atoms with Crippen molar-refractivity contribution in [2.45, 2.75) is 24.6 Å². The molecule has 0 bridgehead atoms. The molecule has 0 N–H and O–H groups in total. The molecule has 0 saturated heterocycles. The van der Waals surface area contributed by atoms with Gasteiger partial charge in [-0.05, 0) is 13.2 Å². The van der Waals surface area contributed by atoms with Gasteiger partial charge in [0.15, 0.2) is 0 Å². The van der Waals surface area contributed by atoms with Crippen molar-refractivity contribution in [2.24, 2.45) is 0 Å². The molecule has 2 nitrogen and oxygen atoms in total. The zero-order chi connectivity index (χ0) is 18.6. The van der Waals surface area contributed by atoms with E-state index in [-0.39, 0.29) is 0 Å². The summed E-state index contributed by atoms with van der Waals surface area (Å²) in [5.41, 5.74) is 0. The maximum atomic E-state index is 12.0. The molecule has 0 atom stereocenters. The summed E-state index contributed by atoms with van der Waals surface area (Å²) in [6, 6.07) is -4.29. The van der Waals surface area contributed by atoms with Crippen LogP contribution in [0.1, 0.15) is 0 Å². The predicted octanol–water partition coefficient (Wildman–Crippen LogP) is 5.20. The fraction of sp³-hybridized carbons (Fsp3) is 0.500. The van der Waals surface area contributed by atoms with Crippen molar-refractivity contribution >= 4 is 0 Å².